The van der Waals surface area contributed by atoms with E-state index in [-0.39, 0.29) is 0 Å². The number of likely N-dealkylation sites (N-methyl/N-ethyl adjacent to an activating group) is 1. The number of nitrogens with two attached hydrogens (primary N) is 2. The highest BCUT2D eigenvalue weighted by Crippen LogP contribution is 2.24. The van der Waals surface area contributed by atoms with Crippen LogP contribution in [-0.2, 0) is 0 Å². The van der Waals surface area contributed by atoms with E-state index in [2.05, 4.69) is 4.90 Å². The molecule has 1 aromatic carbocycles. The number of hydrogen-bond acceptors (Lipinski definition) is 4. The van der Waals surface area contributed by atoms with Gasteiger partial charge in [0.05, 0.1) is 17.0 Å². The number of benzene rings is 1. The van der Waals surface area contributed by atoms with E-state index >= 15 is 0 Å². The molecule has 16 heavy (non-hydrogen) atoms. The lowest BCUT2D eigenvalue weighted by atomic mass is 10.1. The van der Waals surface area contributed by atoms with Crippen LogP contribution in [-0.4, -0.2) is 23.8 Å². The Labute approximate surface area is 96.9 Å². The lowest BCUT2D eigenvalue weighted by Crippen LogP contribution is -2.38. The Kier molecular flexibility index (Phi) is 3.65. The van der Waals surface area contributed by atoms with Gasteiger partial charge < -0.3 is 21.5 Å². The van der Waals surface area contributed by atoms with Crippen molar-refractivity contribution in [1.82, 2.24) is 0 Å². The molecule has 0 amide bonds. The maximum atomic E-state index is 9.81. The van der Waals surface area contributed by atoms with Gasteiger partial charge >= 0.3 is 0 Å². The minimum Gasteiger partial charge on any atom is -0.397 e. The van der Waals surface area contributed by atoms with Gasteiger partial charge in [0.1, 0.15) is 0 Å². The number of hydrogen-bond donors (Lipinski definition) is 3. The summed E-state index contributed by atoms with van der Waals surface area (Å²) in [5.74, 6) is 0. The fourth-order valence-corrected chi connectivity index (χ4v) is 1.61. The second-order valence-corrected chi connectivity index (χ2v) is 4.64. The van der Waals surface area contributed by atoms with Crippen LogP contribution in [0.15, 0.2) is 18.2 Å². The van der Waals surface area contributed by atoms with Gasteiger partial charge in [0.2, 0.25) is 0 Å². The largest absolute Gasteiger partial charge is 0.397 e. The standard InChI is InChI=1S/C12H21N3O/c1-4-15(8-12(2,3)16)9-5-6-10(13)11(14)7-9/h5-7,16H,4,8,13-14H2,1-3H3. The van der Waals surface area contributed by atoms with Gasteiger partial charge in [-0.3, -0.25) is 0 Å². The minimum atomic E-state index is -0.730. The average Bonchev–Trinajstić information content (AvgIpc) is 2.17. The molecule has 0 bridgehead atoms. The first-order valence-electron chi connectivity index (χ1n) is 5.46. The Balaban J connectivity index is 2.91. The van der Waals surface area contributed by atoms with Crippen molar-refractivity contribution in [3.8, 4) is 0 Å². The Hall–Kier alpha value is -1.42. The van der Waals surface area contributed by atoms with E-state index < -0.39 is 5.60 Å². The van der Waals surface area contributed by atoms with Gasteiger partial charge in [-0.25, -0.2) is 0 Å². The van der Waals surface area contributed by atoms with Gasteiger partial charge in [-0.15, -0.1) is 0 Å². The van der Waals surface area contributed by atoms with Gasteiger partial charge in [-0.05, 0) is 39.0 Å². The first kappa shape index (κ1) is 12.6. The molecule has 0 radical (unpaired) electrons. The van der Waals surface area contributed by atoms with E-state index in [1.165, 1.54) is 0 Å². The zero-order valence-corrected chi connectivity index (χ0v) is 10.2. The van der Waals surface area contributed by atoms with Gasteiger partial charge in [0.25, 0.3) is 0 Å². The Morgan fingerprint density at radius 2 is 1.88 bits per heavy atom. The fourth-order valence-electron chi connectivity index (χ4n) is 1.61. The lowest BCUT2D eigenvalue weighted by molar-refractivity contribution is 0.0876. The summed E-state index contributed by atoms with van der Waals surface area (Å²) in [6, 6.07) is 5.54. The molecule has 0 aromatic heterocycles. The van der Waals surface area contributed by atoms with E-state index in [1.54, 1.807) is 19.9 Å². The third-order valence-electron chi connectivity index (χ3n) is 2.40. The third-order valence-corrected chi connectivity index (χ3v) is 2.40. The molecule has 0 fully saturated rings. The molecule has 0 saturated carbocycles. The predicted octanol–water partition coefficient (Wildman–Crippen LogP) is 1.45. The van der Waals surface area contributed by atoms with Crippen molar-refractivity contribution in [1.29, 1.82) is 0 Å². The number of nitrogens with zero attached hydrogens (tertiary/aromatic N) is 1. The summed E-state index contributed by atoms with van der Waals surface area (Å²) in [5, 5.41) is 9.81. The van der Waals surface area contributed by atoms with Crippen LogP contribution < -0.4 is 16.4 Å². The van der Waals surface area contributed by atoms with E-state index in [0.717, 1.165) is 12.2 Å². The summed E-state index contributed by atoms with van der Waals surface area (Å²) in [6.07, 6.45) is 0. The van der Waals surface area contributed by atoms with Crippen molar-refractivity contribution in [2.45, 2.75) is 26.4 Å². The van der Waals surface area contributed by atoms with Gasteiger partial charge in [-0.2, -0.15) is 0 Å². The van der Waals surface area contributed by atoms with Crippen LogP contribution in [0.2, 0.25) is 0 Å². The smallest absolute Gasteiger partial charge is 0.0765 e. The second-order valence-electron chi connectivity index (χ2n) is 4.64. The third kappa shape index (κ3) is 3.31. The van der Waals surface area contributed by atoms with Crippen molar-refractivity contribution < 1.29 is 5.11 Å². The van der Waals surface area contributed by atoms with Gasteiger partial charge in [0, 0.05) is 18.8 Å². The second kappa shape index (κ2) is 4.61. The molecule has 0 aliphatic rings. The van der Waals surface area contributed by atoms with E-state index in [0.29, 0.717) is 17.9 Å². The maximum Gasteiger partial charge on any atom is 0.0765 e. The molecule has 0 spiro atoms. The number of nitrogen functional groups attached to an aromatic ring is 2. The molecule has 0 unspecified atom stereocenters. The monoisotopic (exact) mass is 223 g/mol. The summed E-state index contributed by atoms with van der Waals surface area (Å²) in [4.78, 5) is 2.07. The van der Waals surface area contributed by atoms with Gasteiger partial charge in [-0.1, -0.05) is 0 Å². The van der Waals surface area contributed by atoms with Crippen molar-refractivity contribution in [2.24, 2.45) is 0 Å². The molecular weight excluding hydrogens is 202 g/mol. The van der Waals surface area contributed by atoms with E-state index in [1.807, 2.05) is 19.1 Å². The molecule has 0 atom stereocenters. The Morgan fingerprint density at radius 3 is 2.31 bits per heavy atom. The molecule has 0 saturated heterocycles. The summed E-state index contributed by atoms with van der Waals surface area (Å²) >= 11 is 0. The first-order chi connectivity index (χ1) is 7.33. The Bertz CT molecular complexity index is 358. The first-order valence-corrected chi connectivity index (χ1v) is 5.46. The lowest BCUT2D eigenvalue weighted by Gasteiger charge is -2.30. The minimum absolute atomic E-state index is 0.562. The summed E-state index contributed by atoms with van der Waals surface area (Å²) in [6.45, 7) is 6.99. The van der Waals surface area contributed by atoms with Gasteiger partial charge in [0.15, 0.2) is 0 Å². The average molecular weight is 223 g/mol. The number of rotatable bonds is 4. The highest BCUT2D eigenvalue weighted by Gasteiger charge is 2.17. The van der Waals surface area contributed by atoms with E-state index in [9.17, 15) is 5.11 Å². The van der Waals surface area contributed by atoms with Crippen LogP contribution >= 0.6 is 0 Å². The van der Waals surface area contributed by atoms with Crippen molar-refractivity contribution in [3.63, 3.8) is 0 Å². The number of aliphatic hydroxyl groups is 1. The number of anilines is 3. The zero-order valence-electron chi connectivity index (χ0n) is 10.2. The summed E-state index contributed by atoms with van der Waals surface area (Å²) < 4.78 is 0. The highest BCUT2D eigenvalue weighted by atomic mass is 16.3. The summed E-state index contributed by atoms with van der Waals surface area (Å²) in [5.41, 5.74) is 12.8. The van der Waals surface area contributed by atoms with E-state index in [4.69, 9.17) is 11.5 Å². The molecule has 0 aliphatic carbocycles. The molecule has 1 rings (SSSR count). The summed E-state index contributed by atoms with van der Waals surface area (Å²) in [7, 11) is 0. The van der Waals surface area contributed by atoms with Crippen molar-refractivity contribution >= 4 is 17.1 Å². The van der Waals surface area contributed by atoms with Crippen molar-refractivity contribution in [3.05, 3.63) is 18.2 Å². The molecule has 90 valence electrons. The molecule has 5 N–H and O–H groups in total. The van der Waals surface area contributed by atoms with Crippen LogP contribution in [0.1, 0.15) is 20.8 Å². The zero-order chi connectivity index (χ0) is 12.3. The fraction of sp³-hybridized carbons (Fsp3) is 0.500. The van der Waals surface area contributed by atoms with Crippen LogP contribution in [0.4, 0.5) is 17.1 Å². The topological polar surface area (TPSA) is 75.5 Å². The highest BCUT2D eigenvalue weighted by molar-refractivity contribution is 5.69. The van der Waals surface area contributed by atoms with Crippen LogP contribution in [0.3, 0.4) is 0 Å². The molecule has 0 heterocycles. The SMILES string of the molecule is CCN(CC(C)(C)O)c1ccc(N)c(N)c1. The molecule has 1 aromatic rings. The normalized spacial score (nSPS) is 11.5. The molecule has 4 heteroatoms. The van der Waals surface area contributed by atoms with Crippen LogP contribution in [0.5, 0.6) is 0 Å². The Morgan fingerprint density at radius 1 is 1.25 bits per heavy atom. The molecule has 4 nitrogen and oxygen atoms in total. The quantitative estimate of drug-likeness (QED) is 0.675. The predicted molar refractivity (Wildman–Crippen MR) is 69.5 cm³/mol. The van der Waals surface area contributed by atoms with Crippen molar-refractivity contribution in [2.75, 3.05) is 29.5 Å². The maximum absolute atomic E-state index is 9.81. The molecule has 0 aliphatic heterocycles. The van der Waals surface area contributed by atoms with Crippen LogP contribution in [0.25, 0.3) is 0 Å². The molecular formula is C12H21N3O. The van der Waals surface area contributed by atoms with Crippen LogP contribution in [0, 0.1) is 0 Å².